The van der Waals surface area contributed by atoms with E-state index in [0.717, 1.165) is 22.6 Å². The minimum atomic E-state index is -0.210. The van der Waals surface area contributed by atoms with E-state index in [0.29, 0.717) is 12.2 Å². The van der Waals surface area contributed by atoms with Crippen molar-refractivity contribution in [2.45, 2.75) is 32.1 Å². The minimum absolute atomic E-state index is 0.210. The van der Waals surface area contributed by atoms with Crippen LogP contribution in [-0.2, 0) is 11.2 Å². The van der Waals surface area contributed by atoms with Gasteiger partial charge in [0.1, 0.15) is 0 Å². The van der Waals surface area contributed by atoms with Gasteiger partial charge in [0.05, 0.1) is 12.2 Å². The monoisotopic (exact) mass is 238 g/mol. The molecular weight excluding hydrogens is 220 g/mol. The van der Waals surface area contributed by atoms with Crippen molar-refractivity contribution in [3.05, 3.63) is 29.3 Å². The fourth-order valence-corrected chi connectivity index (χ4v) is 2.22. The van der Waals surface area contributed by atoms with Crippen LogP contribution in [-0.4, -0.2) is 18.3 Å². The Bertz CT molecular complexity index is 361. The highest BCUT2D eigenvalue weighted by Crippen LogP contribution is 2.22. The maximum Gasteiger partial charge on any atom is 0.338 e. The number of thioether (sulfide) groups is 1. The molecule has 0 N–H and O–H groups in total. The zero-order chi connectivity index (χ0) is 12.0. The van der Waals surface area contributed by atoms with Gasteiger partial charge < -0.3 is 4.74 Å². The van der Waals surface area contributed by atoms with Crippen LogP contribution in [0.15, 0.2) is 23.1 Å². The minimum Gasteiger partial charge on any atom is -0.462 e. The summed E-state index contributed by atoms with van der Waals surface area (Å²) in [5.74, 6) is 0.797. The molecular formula is C13H18O2S. The zero-order valence-electron chi connectivity index (χ0n) is 10.1. The molecule has 0 radical (unpaired) electrons. The fourth-order valence-electron chi connectivity index (χ4n) is 1.52. The molecule has 0 atom stereocenters. The average molecular weight is 238 g/mol. The average Bonchev–Trinajstić information content (AvgIpc) is 2.30. The molecule has 0 saturated carbocycles. The van der Waals surface area contributed by atoms with Crippen molar-refractivity contribution in [2.24, 2.45) is 0 Å². The number of rotatable bonds is 5. The molecule has 0 bridgehead atoms. The van der Waals surface area contributed by atoms with Crippen LogP contribution in [0.4, 0.5) is 0 Å². The Morgan fingerprint density at radius 3 is 2.62 bits per heavy atom. The SMILES string of the molecule is CCOC(=O)c1cc(SCC)ccc1CC. The topological polar surface area (TPSA) is 26.3 Å². The van der Waals surface area contributed by atoms with Crippen LogP contribution in [0.3, 0.4) is 0 Å². The van der Waals surface area contributed by atoms with E-state index in [1.165, 1.54) is 0 Å². The Balaban J connectivity index is 3.01. The Hall–Kier alpha value is -0.960. The van der Waals surface area contributed by atoms with Crippen LogP contribution < -0.4 is 0 Å². The summed E-state index contributed by atoms with van der Waals surface area (Å²) >= 11 is 1.74. The first-order valence-corrected chi connectivity index (χ1v) is 6.64. The zero-order valence-corrected chi connectivity index (χ0v) is 10.9. The summed E-state index contributed by atoms with van der Waals surface area (Å²) < 4.78 is 5.06. The maximum atomic E-state index is 11.7. The third kappa shape index (κ3) is 3.27. The van der Waals surface area contributed by atoms with Crippen molar-refractivity contribution in [3.8, 4) is 0 Å². The highest BCUT2D eigenvalue weighted by Gasteiger charge is 2.12. The Morgan fingerprint density at radius 2 is 2.06 bits per heavy atom. The Morgan fingerprint density at radius 1 is 1.31 bits per heavy atom. The second-order valence-corrected chi connectivity index (χ2v) is 4.66. The molecule has 1 aromatic rings. The smallest absolute Gasteiger partial charge is 0.338 e. The molecule has 2 nitrogen and oxygen atoms in total. The molecule has 0 aliphatic heterocycles. The van der Waals surface area contributed by atoms with E-state index in [4.69, 9.17) is 4.74 Å². The van der Waals surface area contributed by atoms with Crippen LogP contribution in [0, 0.1) is 0 Å². The first-order chi connectivity index (χ1) is 7.72. The summed E-state index contributed by atoms with van der Waals surface area (Å²) in [7, 11) is 0. The van der Waals surface area contributed by atoms with Gasteiger partial charge in [0.2, 0.25) is 0 Å². The summed E-state index contributed by atoms with van der Waals surface area (Å²) in [5, 5.41) is 0. The predicted molar refractivity (Wildman–Crippen MR) is 68.2 cm³/mol. The molecule has 0 aliphatic rings. The number of hydrogen-bond acceptors (Lipinski definition) is 3. The van der Waals surface area contributed by atoms with E-state index < -0.39 is 0 Å². The van der Waals surface area contributed by atoms with Crippen molar-refractivity contribution >= 4 is 17.7 Å². The third-order valence-electron chi connectivity index (χ3n) is 2.27. The number of carbonyl (C=O) groups is 1. The van der Waals surface area contributed by atoms with Crippen molar-refractivity contribution < 1.29 is 9.53 Å². The molecule has 0 unspecified atom stereocenters. The number of ether oxygens (including phenoxy) is 1. The van der Waals surface area contributed by atoms with E-state index in [-0.39, 0.29) is 5.97 Å². The first-order valence-electron chi connectivity index (χ1n) is 5.65. The highest BCUT2D eigenvalue weighted by molar-refractivity contribution is 7.99. The van der Waals surface area contributed by atoms with Crippen LogP contribution in [0.25, 0.3) is 0 Å². The summed E-state index contributed by atoms with van der Waals surface area (Å²) in [6.07, 6.45) is 0.852. The van der Waals surface area contributed by atoms with E-state index >= 15 is 0 Å². The van der Waals surface area contributed by atoms with Gasteiger partial charge >= 0.3 is 5.97 Å². The van der Waals surface area contributed by atoms with Gasteiger partial charge in [-0.05, 0) is 36.8 Å². The van der Waals surface area contributed by atoms with Crippen molar-refractivity contribution in [2.75, 3.05) is 12.4 Å². The predicted octanol–water partition coefficient (Wildman–Crippen LogP) is 3.54. The lowest BCUT2D eigenvalue weighted by Gasteiger charge is -2.09. The lowest BCUT2D eigenvalue weighted by molar-refractivity contribution is 0.0525. The van der Waals surface area contributed by atoms with Gasteiger partial charge in [-0.2, -0.15) is 0 Å². The summed E-state index contributed by atoms with van der Waals surface area (Å²) in [6, 6.07) is 6.02. The molecule has 0 spiro atoms. The maximum absolute atomic E-state index is 11.7. The van der Waals surface area contributed by atoms with E-state index in [2.05, 4.69) is 13.0 Å². The lowest BCUT2D eigenvalue weighted by Crippen LogP contribution is -2.08. The van der Waals surface area contributed by atoms with Crippen molar-refractivity contribution in [1.29, 1.82) is 0 Å². The lowest BCUT2D eigenvalue weighted by atomic mass is 10.1. The summed E-state index contributed by atoms with van der Waals surface area (Å²) in [4.78, 5) is 12.9. The quantitative estimate of drug-likeness (QED) is 0.580. The van der Waals surface area contributed by atoms with Crippen LogP contribution in [0.1, 0.15) is 36.7 Å². The van der Waals surface area contributed by atoms with Gasteiger partial charge in [-0.1, -0.05) is 19.9 Å². The number of carbonyl (C=O) groups excluding carboxylic acids is 1. The second-order valence-electron chi connectivity index (χ2n) is 3.33. The standard InChI is InChI=1S/C13H18O2S/c1-4-10-7-8-11(16-6-3)9-12(10)13(14)15-5-2/h7-9H,4-6H2,1-3H3. The summed E-state index contributed by atoms with van der Waals surface area (Å²) in [5.41, 5.74) is 1.77. The molecule has 0 fully saturated rings. The Labute approximate surface area is 101 Å². The molecule has 3 heteroatoms. The van der Waals surface area contributed by atoms with Gasteiger partial charge in [0.25, 0.3) is 0 Å². The number of benzene rings is 1. The third-order valence-corrected chi connectivity index (χ3v) is 3.14. The largest absolute Gasteiger partial charge is 0.462 e. The molecule has 16 heavy (non-hydrogen) atoms. The van der Waals surface area contributed by atoms with Gasteiger partial charge in [0.15, 0.2) is 0 Å². The molecule has 1 aromatic carbocycles. The van der Waals surface area contributed by atoms with Gasteiger partial charge in [-0.3, -0.25) is 0 Å². The molecule has 88 valence electrons. The molecule has 0 aliphatic carbocycles. The molecule has 0 heterocycles. The summed E-state index contributed by atoms with van der Waals surface area (Å²) in [6.45, 7) is 6.40. The van der Waals surface area contributed by atoms with Crippen LogP contribution >= 0.6 is 11.8 Å². The van der Waals surface area contributed by atoms with E-state index in [1.54, 1.807) is 11.8 Å². The van der Waals surface area contributed by atoms with Gasteiger partial charge in [-0.15, -0.1) is 11.8 Å². The number of aryl methyl sites for hydroxylation is 1. The van der Waals surface area contributed by atoms with Crippen molar-refractivity contribution in [3.63, 3.8) is 0 Å². The van der Waals surface area contributed by atoms with E-state index in [9.17, 15) is 4.79 Å². The molecule has 0 amide bonds. The molecule has 0 saturated heterocycles. The Kier molecular flexibility index (Phi) is 5.39. The first kappa shape index (κ1) is 13.1. The number of esters is 1. The van der Waals surface area contributed by atoms with Crippen LogP contribution in [0.2, 0.25) is 0 Å². The molecule has 0 aromatic heterocycles. The highest BCUT2D eigenvalue weighted by atomic mass is 32.2. The van der Waals surface area contributed by atoms with E-state index in [1.807, 2.05) is 26.0 Å². The second kappa shape index (κ2) is 6.59. The van der Waals surface area contributed by atoms with Gasteiger partial charge in [-0.25, -0.2) is 4.79 Å². The van der Waals surface area contributed by atoms with Crippen molar-refractivity contribution in [1.82, 2.24) is 0 Å². The fraction of sp³-hybridized carbons (Fsp3) is 0.462. The van der Waals surface area contributed by atoms with Gasteiger partial charge in [0, 0.05) is 4.90 Å². The number of hydrogen-bond donors (Lipinski definition) is 0. The van der Waals surface area contributed by atoms with Crippen LogP contribution in [0.5, 0.6) is 0 Å². The normalized spacial score (nSPS) is 10.2. The molecule has 1 rings (SSSR count).